The summed E-state index contributed by atoms with van der Waals surface area (Å²) in [5.41, 5.74) is 7.15. The molecular formula is C11H13Br2FN2. The van der Waals surface area contributed by atoms with Crippen LogP contribution >= 0.6 is 31.9 Å². The van der Waals surface area contributed by atoms with E-state index in [-0.39, 0.29) is 11.7 Å². The fraction of sp³-hybridized carbons (Fsp3) is 0.455. The largest absolute Gasteiger partial charge is 0.397 e. The first-order chi connectivity index (χ1) is 7.61. The Labute approximate surface area is 111 Å². The van der Waals surface area contributed by atoms with E-state index in [1.54, 1.807) is 6.07 Å². The lowest BCUT2D eigenvalue weighted by atomic mass is 9.89. The third-order valence-corrected chi connectivity index (χ3v) is 4.23. The van der Waals surface area contributed by atoms with Gasteiger partial charge in [-0.15, -0.1) is 0 Å². The van der Waals surface area contributed by atoms with E-state index in [4.69, 9.17) is 5.73 Å². The normalized spacial score (nSPS) is 17.7. The monoisotopic (exact) mass is 350 g/mol. The molecule has 88 valence electrons. The van der Waals surface area contributed by atoms with Crippen LogP contribution in [0.25, 0.3) is 0 Å². The second kappa shape index (κ2) is 5.02. The minimum atomic E-state index is -0.215. The van der Waals surface area contributed by atoms with Crippen LogP contribution < -0.4 is 11.1 Å². The van der Waals surface area contributed by atoms with E-state index in [1.165, 1.54) is 0 Å². The molecule has 0 aliphatic carbocycles. The van der Waals surface area contributed by atoms with Crippen LogP contribution in [0.3, 0.4) is 0 Å². The van der Waals surface area contributed by atoms with Crippen molar-refractivity contribution in [3.8, 4) is 0 Å². The van der Waals surface area contributed by atoms with Crippen molar-refractivity contribution in [1.29, 1.82) is 0 Å². The van der Waals surface area contributed by atoms with Crippen LogP contribution in [0.1, 0.15) is 24.3 Å². The zero-order valence-corrected chi connectivity index (χ0v) is 11.9. The predicted molar refractivity (Wildman–Crippen MR) is 71.1 cm³/mol. The molecule has 16 heavy (non-hydrogen) atoms. The van der Waals surface area contributed by atoms with Crippen molar-refractivity contribution < 1.29 is 4.39 Å². The average Bonchev–Trinajstić information content (AvgIpc) is 2.28. The highest BCUT2D eigenvalue weighted by molar-refractivity contribution is 9.11. The van der Waals surface area contributed by atoms with Gasteiger partial charge in [0.15, 0.2) is 0 Å². The van der Waals surface area contributed by atoms with Gasteiger partial charge in [0.05, 0.1) is 10.2 Å². The van der Waals surface area contributed by atoms with Crippen LogP contribution in [0.2, 0.25) is 0 Å². The van der Waals surface area contributed by atoms with Gasteiger partial charge in [0, 0.05) is 10.0 Å². The summed E-state index contributed by atoms with van der Waals surface area (Å²) in [4.78, 5) is 0. The number of anilines is 1. The SMILES string of the molecule is Nc1c(Br)cc(Br)c(F)c1C1CCNCC1. The van der Waals surface area contributed by atoms with Crippen molar-refractivity contribution in [3.05, 3.63) is 26.4 Å². The van der Waals surface area contributed by atoms with Crippen molar-refractivity contribution in [2.45, 2.75) is 18.8 Å². The number of nitrogens with one attached hydrogen (secondary N) is 1. The summed E-state index contributed by atoms with van der Waals surface area (Å²) in [6.07, 6.45) is 1.87. The molecule has 0 aromatic heterocycles. The van der Waals surface area contributed by atoms with Crippen molar-refractivity contribution in [2.24, 2.45) is 0 Å². The molecule has 1 heterocycles. The fourth-order valence-corrected chi connectivity index (χ4v) is 3.33. The molecule has 0 bridgehead atoms. The maximum atomic E-state index is 14.1. The lowest BCUT2D eigenvalue weighted by Gasteiger charge is -2.25. The van der Waals surface area contributed by atoms with Gasteiger partial charge < -0.3 is 11.1 Å². The van der Waals surface area contributed by atoms with Crippen LogP contribution in [0, 0.1) is 5.82 Å². The number of nitrogens with two attached hydrogens (primary N) is 1. The highest BCUT2D eigenvalue weighted by Crippen LogP contribution is 2.39. The molecule has 0 atom stereocenters. The second-order valence-electron chi connectivity index (χ2n) is 4.01. The van der Waals surface area contributed by atoms with Gasteiger partial charge in [0.25, 0.3) is 0 Å². The third kappa shape index (κ3) is 2.26. The minimum absolute atomic E-state index is 0.215. The first kappa shape index (κ1) is 12.3. The van der Waals surface area contributed by atoms with Crippen molar-refractivity contribution in [1.82, 2.24) is 5.32 Å². The summed E-state index contributed by atoms with van der Waals surface area (Å²) in [5, 5.41) is 3.27. The number of hydrogen-bond donors (Lipinski definition) is 2. The molecule has 1 aromatic rings. The number of halogens is 3. The molecule has 0 unspecified atom stereocenters. The van der Waals surface area contributed by atoms with Crippen molar-refractivity contribution >= 4 is 37.5 Å². The lowest BCUT2D eigenvalue weighted by molar-refractivity contribution is 0.445. The van der Waals surface area contributed by atoms with Gasteiger partial charge >= 0.3 is 0 Å². The maximum absolute atomic E-state index is 14.1. The molecule has 0 saturated carbocycles. The zero-order chi connectivity index (χ0) is 11.7. The third-order valence-electron chi connectivity index (χ3n) is 2.99. The van der Waals surface area contributed by atoms with E-state index in [1.807, 2.05) is 0 Å². The smallest absolute Gasteiger partial charge is 0.142 e. The van der Waals surface area contributed by atoms with Crippen LogP contribution in [-0.2, 0) is 0 Å². The number of nitrogen functional groups attached to an aromatic ring is 1. The Kier molecular flexibility index (Phi) is 3.87. The van der Waals surface area contributed by atoms with Gasteiger partial charge in [-0.25, -0.2) is 4.39 Å². The molecule has 1 fully saturated rings. The van der Waals surface area contributed by atoms with Crippen LogP contribution in [-0.4, -0.2) is 13.1 Å². The van der Waals surface area contributed by atoms with E-state index in [2.05, 4.69) is 37.2 Å². The van der Waals surface area contributed by atoms with E-state index in [9.17, 15) is 4.39 Å². The van der Waals surface area contributed by atoms with E-state index >= 15 is 0 Å². The summed E-state index contributed by atoms with van der Waals surface area (Å²) in [6, 6.07) is 1.66. The highest BCUT2D eigenvalue weighted by Gasteiger charge is 2.23. The number of hydrogen-bond acceptors (Lipinski definition) is 2. The van der Waals surface area contributed by atoms with Gasteiger partial charge in [-0.3, -0.25) is 0 Å². The summed E-state index contributed by atoms with van der Waals surface area (Å²) in [5.74, 6) is 0.00245. The quantitative estimate of drug-likeness (QED) is 0.601. The average molecular weight is 352 g/mol. The highest BCUT2D eigenvalue weighted by atomic mass is 79.9. The Bertz CT molecular complexity index is 377. The Morgan fingerprint density at radius 1 is 1.25 bits per heavy atom. The first-order valence-electron chi connectivity index (χ1n) is 5.25. The Hall–Kier alpha value is -0.130. The molecule has 2 rings (SSSR count). The molecule has 0 spiro atoms. The molecule has 0 amide bonds. The number of piperidine rings is 1. The minimum Gasteiger partial charge on any atom is -0.397 e. The fourth-order valence-electron chi connectivity index (χ4n) is 2.14. The second-order valence-corrected chi connectivity index (χ2v) is 5.71. The number of rotatable bonds is 1. The van der Waals surface area contributed by atoms with Gasteiger partial charge in [-0.1, -0.05) is 0 Å². The Morgan fingerprint density at radius 3 is 2.50 bits per heavy atom. The number of benzene rings is 1. The molecule has 3 N–H and O–H groups in total. The summed E-state index contributed by atoms with van der Waals surface area (Å²) >= 11 is 6.58. The van der Waals surface area contributed by atoms with Gasteiger partial charge in [-0.05, 0) is 69.8 Å². The van der Waals surface area contributed by atoms with E-state index in [0.29, 0.717) is 15.7 Å². The lowest BCUT2D eigenvalue weighted by Crippen LogP contribution is -2.27. The molecule has 2 nitrogen and oxygen atoms in total. The maximum Gasteiger partial charge on any atom is 0.142 e. The molecule has 1 aromatic carbocycles. The molecule has 0 radical (unpaired) electrons. The standard InChI is InChI=1S/C11H13Br2FN2/c12-7-5-8(13)11(15)9(10(7)14)6-1-3-16-4-2-6/h5-6,16H,1-4,15H2. The van der Waals surface area contributed by atoms with Gasteiger partial charge in [0.1, 0.15) is 5.82 Å². The molecule has 1 aliphatic rings. The first-order valence-corrected chi connectivity index (χ1v) is 6.83. The molecular weight excluding hydrogens is 339 g/mol. The van der Waals surface area contributed by atoms with Gasteiger partial charge in [-0.2, -0.15) is 0 Å². The predicted octanol–water partition coefficient (Wildman–Crippen LogP) is 3.40. The van der Waals surface area contributed by atoms with Crippen molar-refractivity contribution in [3.63, 3.8) is 0 Å². The Balaban J connectivity index is 2.45. The molecule has 5 heteroatoms. The summed E-state index contributed by atoms with van der Waals surface area (Å²) in [6.45, 7) is 1.85. The molecule has 1 aliphatic heterocycles. The summed E-state index contributed by atoms with van der Waals surface area (Å²) < 4.78 is 15.3. The van der Waals surface area contributed by atoms with E-state index < -0.39 is 0 Å². The summed E-state index contributed by atoms with van der Waals surface area (Å²) in [7, 11) is 0. The van der Waals surface area contributed by atoms with Crippen LogP contribution in [0.15, 0.2) is 15.0 Å². The van der Waals surface area contributed by atoms with E-state index in [0.717, 1.165) is 30.4 Å². The van der Waals surface area contributed by atoms with Crippen LogP contribution in [0.4, 0.5) is 10.1 Å². The molecule has 1 saturated heterocycles. The topological polar surface area (TPSA) is 38.0 Å². The van der Waals surface area contributed by atoms with Crippen LogP contribution in [0.5, 0.6) is 0 Å². The zero-order valence-electron chi connectivity index (χ0n) is 8.69. The van der Waals surface area contributed by atoms with Gasteiger partial charge in [0.2, 0.25) is 0 Å². The van der Waals surface area contributed by atoms with Crippen molar-refractivity contribution in [2.75, 3.05) is 18.8 Å². The Morgan fingerprint density at radius 2 is 1.88 bits per heavy atom.